The number of fused-ring (bicyclic) bond motifs is 1. The van der Waals surface area contributed by atoms with E-state index in [-0.39, 0.29) is 5.82 Å². The highest BCUT2D eigenvalue weighted by Gasteiger charge is 2.23. The van der Waals surface area contributed by atoms with E-state index in [1.165, 1.54) is 25.3 Å². The van der Waals surface area contributed by atoms with Crippen molar-refractivity contribution in [2.45, 2.75) is 51.5 Å². The van der Waals surface area contributed by atoms with E-state index in [1.54, 1.807) is 12.1 Å². The summed E-state index contributed by atoms with van der Waals surface area (Å²) >= 11 is 6.36. The lowest BCUT2D eigenvalue weighted by Gasteiger charge is -2.24. The molecule has 1 aromatic carbocycles. The first-order valence-corrected chi connectivity index (χ1v) is 9.78. The molecule has 0 atom stereocenters. The van der Waals surface area contributed by atoms with Crippen molar-refractivity contribution >= 4 is 23.1 Å². The van der Waals surface area contributed by atoms with Gasteiger partial charge in [0.05, 0.1) is 10.6 Å². The summed E-state index contributed by atoms with van der Waals surface area (Å²) in [4.78, 5) is 4.75. The van der Waals surface area contributed by atoms with Crippen molar-refractivity contribution in [3.8, 4) is 11.3 Å². The van der Waals surface area contributed by atoms with E-state index < -0.39 is 0 Å². The Hall–Kier alpha value is -2.07. The third kappa shape index (κ3) is 3.07. The molecule has 0 unspecified atom stereocenters. The van der Waals surface area contributed by atoms with Gasteiger partial charge in [-0.05, 0) is 43.5 Å². The van der Waals surface area contributed by atoms with Gasteiger partial charge in [-0.3, -0.25) is 4.40 Å². The third-order valence-electron chi connectivity index (χ3n) is 5.23. The SMILES string of the molecule is CCc1cccc2nc(-c3c(F)cccc3Cl)c(NC3CCCCC3)n12. The monoisotopic (exact) mass is 371 g/mol. The number of halogens is 2. The maximum absolute atomic E-state index is 14.6. The highest BCUT2D eigenvalue weighted by Crippen LogP contribution is 2.37. The van der Waals surface area contributed by atoms with Crippen LogP contribution in [0.5, 0.6) is 0 Å². The standard InChI is InChI=1S/C21H23ClFN3/c1-2-15-10-6-13-18-25-20(19-16(22)11-7-12-17(19)23)21(26(15)18)24-14-8-4-3-5-9-14/h6-7,10-14,24H,2-5,8-9H2,1H3. The van der Waals surface area contributed by atoms with Crippen LogP contribution < -0.4 is 5.32 Å². The molecule has 0 bridgehead atoms. The number of hydrogen-bond donors (Lipinski definition) is 1. The van der Waals surface area contributed by atoms with Crippen LogP contribution >= 0.6 is 11.6 Å². The van der Waals surface area contributed by atoms with Crippen LogP contribution in [0.1, 0.15) is 44.7 Å². The minimum absolute atomic E-state index is 0.342. The van der Waals surface area contributed by atoms with Crippen LogP contribution in [0.2, 0.25) is 5.02 Å². The van der Waals surface area contributed by atoms with Gasteiger partial charge in [0, 0.05) is 11.7 Å². The number of aromatic nitrogens is 2. The minimum Gasteiger partial charge on any atom is -0.367 e. The summed E-state index contributed by atoms with van der Waals surface area (Å²) in [5.41, 5.74) is 2.93. The van der Waals surface area contributed by atoms with E-state index in [0.717, 1.165) is 36.4 Å². The Kier molecular flexibility index (Phi) is 4.86. The Balaban J connectivity index is 1.92. The highest BCUT2D eigenvalue weighted by molar-refractivity contribution is 6.33. The lowest BCUT2D eigenvalue weighted by Crippen LogP contribution is -2.23. The number of aryl methyl sites for hydroxylation is 1. The van der Waals surface area contributed by atoms with Crippen molar-refractivity contribution in [2.24, 2.45) is 0 Å². The summed E-state index contributed by atoms with van der Waals surface area (Å²) in [5, 5.41) is 4.06. The van der Waals surface area contributed by atoms with Crippen molar-refractivity contribution in [1.82, 2.24) is 9.38 Å². The van der Waals surface area contributed by atoms with Crippen molar-refractivity contribution in [2.75, 3.05) is 5.32 Å². The number of nitrogens with zero attached hydrogens (tertiary/aromatic N) is 2. The van der Waals surface area contributed by atoms with Gasteiger partial charge in [-0.25, -0.2) is 9.37 Å². The van der Waals surface area contributed by atoms with Gasteiger partial charge in [0.15, 0.2) is 0 Å². The molecule has 4 rings (SSSR count). The van der Waals surface area contributed by atoms with Crippen LogP contribution in [0.3, 0.4) is 0 Å². The molecule has 0 amide bonds. The lowest BCUT2D eigenvalue weighted by molar-refractivity contribution is 0.461. The van der Waals surface area contributed by atoms with Crippen molar-refractivity contribution in [3.05, 3.63) is 52.9 Å². The van der Waals surface area contributed by atoms with E-state index in [9.17, 15) is 4.39 Å². The first kappa shape index (κ1) is 17.3. The fraction of sp³-hybridized carbons (Fsp3) is 0.381. The second-order valence-electron chi connectivity index (χ2n) is 6.95. The quantitative estimate of drug-likeness (QED) is 0.600. The maximum Gasteiger partial charge on any atom is 0.139 e. The van der Waals surface area contributed by atoms with E-state index >= 15 is 0 Å². The van der Waals surface area contributed by atoms with E-state index in [1.807, 2.05) is 12.1 Å². The van der Waals surface area contributed by atoms with Crippen LogP contribution in [0, 0.1) is 5.82 Å². The normalized spacial score (nSPS) is 15.5. The molecular weight excluding hydrogens is 349 g/mol. The molecule has 0 spiro atoms. The van der Waals surface area contributed by atoms with Gasteiger partial charge in [0.2, 0.25) is 0 Å². The Bertz CT molecular complexity index is 908. The molecule has 1 fully saturated rings. The summed E-state index contributed by atoms with van der Waals surface area (Å²) in [6.45, 7) is 2.12. The van der Waals surface area contributed by atoms with E-state index in [0.29, 0.717) is 22.3 Å². The summed E-state index contributed by atoms with van der Waals surface area (Å²) < 4.78 is 16.8. The number of pyridine rings is 1. The average molecular weight is 372 g/mol. The van der Waals surface area contributed by atoms with Gasteiger partial charge < -0.3 is 5.32 Å². The Morgan fingerprint density at radius 1 is 1.15 bits per heavy atom. The van der Waals surface area contributed by atoms with E-state index in [2.05, 4.69) is 22.7 Å². The summed E-state index contributed by atoms with van der Waals surface area (Å²) in [7, 11) is 0. The molecule has 26 heavy (non-hydrogen) atoms. The number of rotatable bonds is 4. The van der Waals surface area contributed by atoms with Crippen molar-refractivity contribution < 1.29 is 4.39 Å². The van der Waals surface area contributed by atoms with Crippen LogP contribution in [-0.2, 0) is 6.42 Å². The lowest BCUT2D eigenvalue weighted by atomic mass is 9.95. The van der Waals surface area contributed by atoms with Crippen molar-refractivity contribution in [1.29, 1.82) is 0 Å². The van der Waals surface area contributed by atoms with Gasteiger partial charge in [0.25, 0.3) is 0 Å². The molecule has 136 valence electrons. The fourth-order valence-corrected chi connectivity index (χ4v) is 4.16. The van der Waals surface area contributed by atoms with Crippen LogP contribution in [0.4, 0.5) is 10.2 Å². The second-order valence-corrected chi connectivity index (χ2v) is 7.36. The molecule has 2 aromatic heterocycles. The molecule has 1 N–H and O–H groups in total. The topological polar surface area (TPSA) is 29.3 Å². The Labute approximate surface area is 158 Å². The van der Waals surface area contributed by atoms with Crippen LogP contribution in [0.15, 0.2) is 36.4 Å². The molecule has 1 saturated carbocycles. The number of benzene rings is 1. The van der Waals surface area contributed by atoms with Gasteiger partial charge in [-0.2, -0.15) is 0 Å². The van der Waals surface area contributed by atoms with Gasteiger partial charge in [-0.1, -0.05) is 49.9 Å². The first-order chi connectivity index (χ1) is 12.7. The zero-order valence-corrected chi connectivity index (χ0v) is 15.7. The first-order valence-electron chi connectivity index (χ1n) is 9.40. The molecule has 1 aliphatic carbocycles. The van der Waals surface area contributed by atoms with Gasteiger partial charge >= 0.3 is 0 Å². The molecule has 0 saturated heterocycles. The molecule has 1 aliphatic rings. The third-order valence-corrected chi connectivity index (χ3v) is 5.55. The second kappa shape index (κ2) is 7.28. The fourth-order valence-electron chi connectivity index (χ4n) is 3.91. The summed E-state index contributed by atoms with van der Waals surface area (Å²) in [6, 6.07) is 11.2. The van der Waals surface area contributed by atoms with Crippen LogP contribution in [-0.4, -0.2) is 15.4 Å². The number of anilines is 1. The predicted octanol–water partition coefficient (Wildman–Crippen LogP) is 6.10. The smallest absolute Gasteiger partial charge is 0.139 e. The van der Waals surface area contributed by atoms with E-state index in [4.69, 9.17) is 16.6 Å². The zero-order chi connectivity index (χ0) is 18.1. The molecule has 5 heteroatoms. The molecule has 0 aliphatic heterocycles. The molecule has 2 heterocycles. The minimum atomic E-state index is -0.342. The van der Waals surface area contributed by atoms with Gasteiger partial charge in [0.1, 0.15) is 23.0 Å². The Morgan fingerprint density at radius 2 is 1.92 bits per heavy atom. The molecule has 0 radical (unpaired) electrons. The summed E-state index contributed by atoms with van der Waals surface area (Å²) in [5.74, 6) is 0.516. The van der Waals surface area contributed by atoms with Gasteiger partial charge in [-0.15, -0.1) is 0 Å². The number of hydrogen-bond acceptors (Lipinski definition) is 2. The summed E-state index contributed by atoms with van der Waals surface area (Å²) in [6.07, 6.45) is 6.88. The average Bonchev–Trinajstić information content (AvgIpc) is 3.01. The number of imidazole rings is 1. The molecule has 3 aromatic rings. The zero-order valence-electron chi connectivity index (χ0n) is 14.9. The maximum atomic E-state index is 14.6. The Morgan fingerprint density at radius 3 is 2.65 bits per heavy atom. The number of nitrogens with one attached hydrogen (secondary N) is 1. The largest absolute Gasteiger partial charge is 0.367 e. The molecular formula is C21H23ClFN3. The predicted molar refractivity (Wildman–Crippen MR) is 105 cm³/mol. The van der Waals surface area contributed by atoms with Crippen LogP contribution in [0.25, 0.3) is 16.9 Å². The van der Waals surface area contributed by atoms with Crippen molar-refractivity contribution in [3.63, 3.8) is 0 Å². The molecule has 3 nitrogen and oxygen atoms in total. The highest BCUT2D eigenvalue weighted by atomic mass is 35.5.